The van der Waals surface area contributed by atoms with Crippen LogP contribution in [0.4, 0.5) is 0 Å². The summed E-state index contributed by atoms with van der Waals surface area (Å²) in [6, 6.07) is 8.06. The number of nitrogens with zero attached hydrogens (tertiary/aromatic N) is 3. The predicted molar refractivity (Wildman–Crippen MR) is 107 cm³/mol. The van der Waals surface area contributed by atoms with Crippen molar-refractivity contribution in [3.63, 3.8) is 0 Å². The number of likely N-dealkylation sites (tertiary alicyclic amines) is 1. The second kappa shape index (κ2) is 7.24. The van der Waals surface area contributed by atoms with Gasteiger partial charge in [-0.25, -0.2) is 4.98 Å². The van der Waals surface area contributed by atoms with Gasteiger partial charge in [0.25, 0.3) is 0 Å². The quantitative estimate of drug-likeness (QED) is 0.667. The number of aromatic nitrogens is 3. The Morgan fingerprint density at radius 2 is 1.90 bits per heavy atom. The van der Waals surface area contributed by atoms with Gasteiger partial charge in [0.2, 0.25) is 10.8 Å². The molecule has 2 aromatic heterocycles. The number of hydrogen-bond acceptors (Lipinski definition) is 7. The van der Waals surface area contributed by atoms with Crippen LogP contribution in [0, 0.1) is 6.92 Å². The first-order valence-corrected chi connectivity index (χ1v) is 10.7. The average molecular weight is 418 g/mol. The lowest BCUT2D eigenvalue weighted by Gasteiger charge is -2.38. The Labute approximate surface area is 172 Å². The fraction of sp³-hybridized carbons (Fsp3) is 0.500. The molecule has 2 aliphatic heterocycles. The molecule has 0 bridgehead atoms. The largest absolute Gasteiger partial charge is 0.497 e. The molecule has 3 aromatic rings. The van der Waals surface area contributed by atoms with E-state index >= 15 is 0 Å². The van der Waals surface area contributed by atoms with E-state index in [1.807, 2.05) is 19.1 Å². The molecule has 1 atom stereocenters. The monoisotopic (exact) mass is 417 g/mol. The van der Waals surface area contributed by atoms with Crippen molar-refractivity contribution in [3.05, 3.63) is 40.5 Å². The van der Waals surface area contributed by atoms with Crippen LogP contribution in [0.25, 0.3) is 4.96 Å². The molecule has 0 radical (unpaired) electrons. The molecule has 5 rings (SSSR count). The molecule has 9 heteroatoms. The summed E-state index contributed by atoms with van der Waals surface area (Å²) in [5.74, 6) is 1.23. The van der Waals surface area contributed by atoms with Crippen LogP contribution in [0.5, 0.6) is 11.6 Å². The zero-order valence-corrected chi connectivity index (χ0v) is 17.4. The number of nitrogens with one attached hydrogen (secondary N) is 1. The molecule has 0 amide bonds. The van der Waals surface area contributed by atoms with Gasteiger partial charge in [0, 0.05) is 5.56 Å². The lowest BCUT2D eigenvalue weighted by molar-refractivity contribution is -0.933. The number of thiazole rings is 1. The van der Waals surface area contributed by atoms with Crippen LogP contribution < -0.4 is 9.64 Å². The number of hydrogen-bond donors (Lipinski definition) is 2. The minimum absolute atomic E-state index is 0.0199. The van der Waals surface area contributed by atoms with Crippen molar-refractivity contribution in [2.24, 2.45) is 0 Å². The van der Waals surface area contributed by atoms with Gasteiger partial charge in [0.05, 0.1) is 46.3 Å². The first kappa shape index (κ1) is 18.8. The summed E-state index contributed by atoms with van der Waals surface area (Å²) >= 11 is 1.50. The van der Waals surface area contributed by atoms with Crippen molar-refractivity contribution in [1.29, 1.82) is 0 Å². The van der Waals surface area contributed by atoms with Gasteiger partial charge in [-0.15, -0.1) is 5.10 Å². The van der Waals surface area contributed by atoms with E-state index in [1.165, 1.54) is 16.2 Å². The molecule has 2 saturated heterocycles. The summed E-state index contributed by atoms with van der Waals surface area (Å²) in [5.41, 5.74) is 1.13. The smallest absolute Gasteiger partial charge is 0.235 e. The van der Waals surface area contributed by atoms with Crippen LogP contribution in [0.2, 0.25) is 0 Å². The molecule has 2 N–H and O–H groups in total. The Kier molecular flexibility index (Phi) is 4.70. The van der Waals surface area contributed by atoms with Gasteiger partial charge < -0.3 is 24.2 Å². The van der Waals surface area contributed by atoms with Crippen molar-refractivity contribution in [1.82, 2.24) is 14.6 Å². The molecule has 4 heterocycles. The summed E-state index contributed by atoms with van der Waals surface area (Å²) in [4.78, 5) is 7.40. The highest BCUT2D eigenvalue weighted by atomic mass is 32.1. The summed E-state index contributed by atoms with van der Waals surface area (Å²) in [6.07, 6.45) is 1.69. The third-order valence-electron chi connectivity index (χ3n) is 5.89. The Morgan fingerprint density at radius 3 is 2.52 bits per heavy atom. The van der Waals surface area contributed by atoms with E-state index in [-0.39, 0.29) is 11.9 Å². The molecule has 2 aliphatic rings. The van der Waals surface area contributed by atoms with E-state index in [4.69, 9.17) is 14.2 Å². The number of rotatable bonds is 4. The average Bonchev–Trinajstić information content (AvgIpc) is 3.42. The van der Waals surface area contributed by atoms with E-state index in [2.05, 4.69) is 22.2 Å². The second-order valence-electron chi connectivity index (χ2n) is 7.62. The van der Waals surface area contributed by atoms with Crippen LogP contribution in [-0.2, 0) is 9.47 Å². The highest BCUT2D eigenvalue weighted by Gasteiger charge is 2.45. The molecule has 2 fully saturated rings. The number of aryl methyl sites for hydroxylation is 1. The van der Waals surface area contributed by atoms with Gasteiger partial charge in [-0.3, -0.25) is 0 Å². The standard InChI is InChI=1S/C20H24N4O4S/c1-13-21-19-24(22-13)18(25)17(29-19)16(14-3-5-15(26-2)6-4-14)23-9-7-20(8-10-23)27-11-12-28-20/h3-6,16,25H,7-12H2,1-2H3/p+1/t16-/m0/s1. The van der Waals surface area contributed by atoms with Crippen molar-refractivity contribution in [3.8, 4) is 11.6 Å². The van der Waals surface area contributed by atoms with Crippen molar-refractivity contribution < 1.29 is 24.2 Å². The molecular weight excluding hydrogens is 392 g/mol. The number of piperidine rings is 1. The first-order chi connectivity index (χ1) is 14.1. The Balaban J connectivity index is 1.51. The van der Waals surface area contributed by atoms with Crippen LogP contribution in [-0.4, -0.2) is 58.9 Å². The van der Waals surface area contributed by atoms with E-state index in [1.54, 1.807) is 11.6 Å². The van der Waals surface area contributed by atoms with E-state index in [0.29, 0.717) is 24.0 Å². The van der Waals surface area contributed by atoms with E-state index in [9.17, 15) is 5.11 Å². The fourth-order valence-corrected chi connectivity index (χ4v) is 5.62. The van der Waals surface area contributed by atoms with Gasteiger partial charge >= 0.3 is 0 Å². The number of aromatic hydroxyl groups is 1. The van der Waals surface area contributed by atoms with Crippen LogP contribution >= 0.6 is 11.3 Å². The van der Waals surface area contributed by atoms with Gasteiger partial charge in [0.1, 0.15) is 16.5 Å². The summed E-state index contributed by atoms with van der Waals surface area (Å²) in [7, 11) is 1.66. The normalized spacial score (nSPS) is 20.5. The van der Waals surface area contributed by atoms with Gasteiger partial charge in [-0.05, 0) is 31.2 Å². The first-order valence-electron chi connectivity index (χ1n) is 9.90. The van der Waals surface area contributed by atoms with Crippen molar-refractivity contribution >= 4 is 16.3 Å². The number of quaternary nitrogens is 1. The van der Waals surface area contributed by atoms with Crippen LogP contribution in [0.3, 0.4) is 0 Å². The van der Waals surface area contributed by atoms with Crippen molar-refractivity contribution in [2.75, 3.05) is 33.4 Å². The molecule has 0 unspecified atom stereocenters. The number of ether oxygens (including phenoxy) is 3. The van der Waals surface area contributed by atoms with Crippen LogP contribution in [0.15, 0.2) is 24.3 Å². The molecule has 0 aliphatic carbocycles. The topological polar surface area (TPSA) is 82.6 Å². The second-order valence-corrected chi connectivity index (χ2v) is 8.62. The number of benzene rings is 1. The molecule has 0 saturated carbocycles. The summed E-state index contributed by atoms with van der Waals surface area (Å²) < 4.78 is 18.7. The Bertz CT molecular complexity index is 1000. The maximum absolute atomic E-state index is 11.0. The molecule has 1 spiro atoms. The lowest BCUT2D eigenvalue weighted by Crippen LogP contribution is -3.14. The zero-order chi connectivity index (χ0) is 20.0. The van der Waals surface area contributed by atoms with Gasteiger partial charge in [-0.1, -0.05) is 11.3 Å². The molecule has 8 nitrogen and oxygen atoms in total. The third-order valence-corrected chi connectivity index (χ3v) is 6.98. The maximum Gasteiger partial charge on any atom is 0.235 e. The highest BCUT2D eigenvalue weighted by molar-refractivity contribution is 7.17. The Hall–Kier alpha value is -2.20. The summed E-state index contributed by atoms with van der Waals surface area (Å²) in [6.45, 7) is 4.96. The SMILES string of the molecule is COc1ccc([C@@H](c2sc3nc(C)nn3c2O)[NH+]2CCC3(CC2)OCCO3)cc1. The van der Waals surface area contributed by atoms with Gasteiger partial charge in [-0.2, -0.15) is 4.52 Å². The van der Waals surface area contributed by atoms with E-state index in [0.717, 1.165) is 42.1 Å². The number of methoxy groups -OCH3 is 1. The highest BCUT2D eigenvalue weighted by Crippen LogP contribution is 2.36. The van der Waals surface area contributed by atoms with Crippen molar-refractivity contribution in [2.45, 2.75) is 31.6 Å². The molecule has 154 valence electrons. The van der Waals surface area contributed by atoms with E-state index < -0.39 is 5.79 Å². The minimum atomic E-state index is -0.418. The lowest BCUT2D eigenvalue weighted by atomic mass is 9.97. The van der Waals surface area contributed by atoms with Gasteiger partial charge in [0.15, 0.2) is 11.8 Å². The van der Waals surface area contributed by atoms with Crippen LogP contribution in [0.1, 0.15) is 35.1 Å². The summed E-state index contributed by atoms with van der Waals surface area (Å²) in [5, 5.41) is 15.3. The predicted octanol–water partition coefficient (Wildman–Crippen LogP) is 1.32. The Morgan fingerprint density at radius 1 is 1.21 bits per heavy atom. The molecule has 29 heavy (non-hydrogen) atoms. The molecule has 1 aromatic carbocycles. The third kappa shape index (κ3) is 3.28. The number of fused-ring (bicyclic) bond motifs is 1. The minimum Gasteiger partial charge on any atom is -0.497 e. The molecular formula is C20H25N4O4S+. The maximum atomic E-state index is 11.0. The fourth-order valence-electron chi connectivity index (χ4n) is 4.43. The zero-order valence-electron chi connectivity index (χ0n) is 16.6.